The van der Waals surface area contributed by atoms with Crippen LogP contribution < -0.4 is 15.4 Å². The molecule has 2 saturated carbocycles. The number of hydrogen-bond acceptors (Lipinski definition) is 3. The van der Waals surface area contributed by atoms with Crippen LogP contribution >= 0.6 is 0 Å². The third-order valence-corrected chi connectivity index (χ3v) is 4.66. The molecule has 5 heteroatoms. The molecule has 0 radical (unpaired) electrons. The number of ether oxygens (including phenoxy) is 1. The third-order valence-electron chi connectivity index (χ3n) is 4.66. The van der Waals surface area contributed by atoms with Gasteiger partial charge in [-0.25, -0.2) is 0 Å². The smallest absolute Gasteiger partial charge is 0.223 e. The lowest BCUT2D eigenvalue weighted by atomic mass is 10.2. The molecule has 2 aliphatic carbocycles. The van der Waals surface area contributed by atoms with Crippen LogP contribution in [0, 0.1) is 5.92 Å². The van der Waals surface area contributed by atoms with Gasteiger partial charge in [0.2, 0.25) is 11.8 Å². The summed E-state index contributed by atoms with van der Waals surface area (Å²) in [4.78, 5) is 23.6. The van der Waals surface area contributed by atoms with Gasteiger partial charge in [0.25, 0.3) is 0 Å². The van der Waals surface area contributed by atoms with E-state index in [4.69, 9.17) is 4.74 Å². The Balaban J connectivity index is 1.36. The van der Waals surface area contributed by atoms with Crippen LogP contribution in [0.1, 0.15) is 44.9 Å². The fraction of sp³-hybridized carbons (Fsp3) is 0.579. The van der Waals surface area contributed by atoms with Crippen LogP contribution in [0.25, 0.3) is 0 Å². The largest absolute Gasteiger partial charge is 0.488 e. The summed E-state index contributed by atoms with van der Waals surface area (Å²) in [6, 6.07) is 9.84. The maximum atomic E-state index is 12.1. The molecule has 130 valence electrons. The molecule has 2 fully saturated rings. The molecule has 0 heterocycles. The average Bonchev–Trinajstić information content (AvgIpc) is 3.36. The first kappa shape index (κ1) is 16.8. The first-order chi connectivity index (χ1) is 11.7. The standard InChI is InChI=1S/C19H26N2O3/c22-18(10-5-13-20-19(23)14-11-12-14)21-16-8-4-9-17(16)24-15-6-2-1-3-7-15/h1-3,6-7,14,16-17H,4-5,8-13H2,(H,20,23)(H,21,22)/t16-,17+/m0/s1. The van der Waals surface area contributed by atoms with Gasteiger partial charge in [0, 0.05) is 18.9 Å². The molecular formula is C19H26N2O3. The maximum Gasteiger partial charge on any atom is 0.223 e. The van der Waals surface area contributed by atoms with E-state index in [-0.39, 0.29) is 29.9 Å². The number of nitrogens with one attached hydrogen (secondary N) is 2. The lowest BCUT2D eigenvalue weighted by molar-refractivity contribution is -0.124. The van der Waals surface area contributed by atoms with E-state index in [2.05, 4.69) is 10.6 Å². The monoisotopic (exact) mass is 330 g/mol. The van der Waals surface area contributed by atoms with Gasteiger partial charge in [-0.05, 0) is 50.7 Å². The number of benzene rings is 1. The first-order valence-corrected chi connectivity index (χ1v) is 9.01. The van der Waals surface area contributed by atoms with Gasteiger partial charge < -0.3 is 15.4 Å². The van der Waals surface area contributed by atoms with Gasteiger partial charge in [0.05, 0.1) is 6.04 Å². The van der Waals surface area contributed by atoms with Crippen molar-refractivity contribution in [3.05, 3.63) is 30.3 Å². The third kappa shape index (κ3) is 4.98. The van der Waals surface area contributed by atoms with Gasteiger partial charge >= 0.3 is 0 Å². The average molecular weight is 330 g/mol. The maximum absolute atomic E-state index is 12.1. The van der Waals surface area contributed by atoms with E-state index in [9.17, 15) is 9.59 Å². The first-order valence-electron chi connectivity index (χ1n) is 9.01. The van der Waals surface area contributed by atoms with Crippen LogP contribution in [-0.4, -0.2) is 30.5 Å². The van der Waals surface area contributed by atoms with Crippen molar-refractivity contribution in [3.8, 4) is 5.75 Å². The summed E-state index contributed by atoms with van der Waals surface area (Å²) in [6.45, 7) is 0.581. The van der Waals surface area contributed by atoms with E-state index in [1.54, 1.807) is 0 Å². The molecule has 2 atom stereocenters. The Bertz CT molecular complexity index is 557. The van der Waals surface area contributed by atoms with Crippen molar-refractivity contribution in [2.24, 2.45) is 5.92 Å². The number of carbonyl (C=O) groups excluding carboxylic acids is 2. The summed E-state index contributed by atoms with van der Waals surface area (Å²) in [5.74, 6) is 1.27. The molecule has 2 amide bonds. The molecule has 0 spiro atoms. The molecule has 0 aromatic heterocycles. The molecule has 3 rings (SSSR count). The second-order valence-electron chi connectivity index (χ2n) is 6.74. The second kappa shape index (κ2) is 8.18. The van der Waals surface area contributed by atoms with Crippen LogP contribution in [0.15, 0.2) is 30.3 Å². The summed E-state index contributed by atoms with van der Waals surface area (Å²) in [6.07, 6.45) is 6.19. The zero-order chi connectivity index (χ0) is 16.8. The van der Waals surface area contributed by atoms with Gasteiger partial charge in [-0.15, -0.1) is 0 Å². The summed E-state index contributed by atoms with van der Waals surface area (Å²) < 4.78 is 6.01. The zero-order valence-electron chi connectivity index (χ0n) is 14.0. The van der Waals surface area contributed by atoms with E-state index in [1.165, 1.54) is 0 Å². The molecule has 2 N–H and O–H groups in total. The van der Waals surface area contributed by atoms with Crippen molar-refractivity contribution in [1.82, 2.24) is 10.6 Å². The molecular weight excluding hydrogens is 304 g/mol. The predicted molar refractivity (Wildman–Crippen MR) is 91.6 cm³/mol. The van der Waals surface area contributed by atoms with Gasteiger partial charge in [-0.1, -0.05) is 18.2 Å². The van der Waals surface area contributed by atoms with Crippen LogP contribution in [-0.2, 0) is 9.59 Å². The molecule has 1 aromatic carbocycles. The molecule has 0 unspecified atom stereocenters. The quantitative estimate of drug-likeness (QED) is 0.719. The van der Waals surface area contributed by atoms with E-state index in [0.717, 1.165) is 37.9 Å². The van der Waals surface area contributed by atoms with Crippen molar-refractivity contribution in [3.63, 3.8) is 0 Å². The second-order valence-corrected chi connectivity index (χ2v) is 6.74. The molecule has 5 nitrogen and oxygen atoms in total. The summed E-state index contributed by atoms with van der Waals surface area (Å²) in [7, 11) is 0. The Morgan fingerprint density at radius 2 is 1.88 bits per heavy atom. The van der Waals surface area contributed by atoms with Crippen molar-refractivity contribution in [2.75, 3.05) is 6.54 Å². The topological polar surface area (TPSA) is 67.4 Å². The minimum absolute atomic E-state index is 0.0456. The van der Waals surface area contributed by atoms with Crippen LogP contribution in [0.2, 0.25) is 0 Å². The summed E-state index contributed by atoms with van der Waals surface area (Å²) >= 11 is 0. The van der Waals surface area contributed by atoms with Crippen LogP contribution in [0.5, 0.6) is 5.75 Å². The van der Waals surface area contributed by atoms with Gasteiger partial charge in [0.15, 0.2) is 0 Å². The van der Waals surface area contributed by atoms with E-state index >= 15 is 0 Å². The Labute approximate surface area is 143 Å². The van der Waals surface area contributed by atoms with E-state index in [1.807, 2.05) is 30.3 Å². The molecule has 24 heavy (non-hydrogen) atoms. The minimum Gasteiger partial charge on any atom is -0.488 e. The SMILES string of the molecule is O=C(CCCNC(=O)C1CC1)N[C@H]1CCC[C@H]1Oc1ccccc1. The molecule has 0 bridgehead atoms. The number of carbonyl (C=O) groups is 2. The molecule has 0 aliphatic heterocycles. The fourth-order valence-corrected chi connectivity index (χ4v) is 3.14. The summed E-state index contributed by atoms with van der Waals surface area (Å²) in [5, 5.41) is 5.99. The Morgan fingerprint density at radius 1 is 1.08 bits per heavy atom. The number of amides is 2. The summed E-state index contributed by atoms with van der Waals surface area (Å²) in [5.41, 5.74) is 0. The Kier molecular flexibility index (Phi) is 5.72. The predicted octanol–water partition coefficient (Wildman–Crippen LogP) is 2.41. The minimum atomic E-state index is 0.0456. The van der Waals surface area contributed by atoms with Crippen molar-refractivity contribution in [2.45, 2.75) is 57.1 Å². The number of para-hydroxylation sites is 1. The zero-order valence-corrected chi connectivity index (χ0v) is 14.0. The lowest BCUT2D eigenvalue weighted by Crippen LogP contribution is -2.42. The van der Waals surface area contributed by atoms with Crippen molar-refractivity contribution in [1.29, 1.82) is 0 Å². The number of hydrogen-bond donors (Lipinski definition) is 2. The molecule has 2 aliphatic rings. The fourth-order valence-electron chi connectivity index (χ4n) is 3.14. The van der Waals surface area contributed by atoms with Gasteiger partial charge in [0.1, 0.15) is 11.9 Å². The van der Waals surface area contributed by atoms with Crippen molar-refractivity contribution < 1.29 is 14.3 Å². The van der Waals surface area contributed by atoms with Crippen LogP contribution in [0.3, 0.4) is 0 Å². The normalized spacial score (nSPS) is 22.8. The van der Waals surface area contributed by atoms with E-state index < -0.39 is 0 Å². The highest BCUT2D eigenvalue weighted by atomic mass is 16.5. The number of rotatable bonds is 8. The Morgan fingerprint density at radius 3 is 2.62 bits per heavy atom. The van der Waals surface area contributed by atoms with Crippen LogP contribution in [0.4, 0.5) is 0 Å². The molecule has 0 saturated heterocycles. The molecule has 1 aromatic rings. The lowest BCUT2D eigenvalue weighted by Gasteiger charge is -2.22. The van der Waals surface area contributed by atoms with E-state index in [0.29, 0.717) is 19.4 Å². The Hall–Kier alpha value is -2.04. The van der Waals surface area contributed by atoms with Crippen molar-refractivity contribution >= 4 is 11.8 Å². The van der Waals surface area contributed by atoms with Gasteiger partial charge in [-0.2, -0.15) is 0 Å². The highest BCUT2D eigenvalue weighted by Crippen LogP contribution is 2.28. The highest BCUT2D eigenvalue weighted by molar-refractivity contribution is 5.81. The highest BCUT2D eigenvalue weighted by Gasteiger charge is 2.30. The van der Waals surface area contributed by atoms with Gasteiger partial charge in [-0.3, -0.25) is 9.59 Å².